The molecule has 0 fully saturated rings. The molecule has 0 aliphatic rings. The molecule has 0 aliphatic carbocycles. The quantitative estimate of drug-likeness (QED) is 0.762. The van der Waals surface area contributed by atoms with Gasteiger partial charge in [0.05, 0.1) is 0 Å². The van der Waals surface area contributed by atoms with Gasteiger partial charge in [0, 0.05) is 22.4 Å². The zero-order valence-corrected chi connectivity index (χ0v) is 8.94. The van der Waals surface area contributed by atoms with Crippen molar-refractivity contribution in [3.63, 3.8) is 0 Å². The van der Waals surface area contributed by atoms with Gasteiger partial charge in [0.25, 0.3) is 5.56 Å². The van der Waals surface area contributed by atoms with Crippen LogP contribution in [-0.4, -0.2) is 4.57 Å². The maximum absolute atomic E-state index is 11.5. The first-order valence-corrected chi connectivity index (χ1v) is 5.00. The van der Waals surface area contributed by atoms with E-state index in [2.05, 4.69) is 15.9 Å². The van der Waals surface area contributed by atoms with E-state index in [1.807, 2.05) is 30.3 Å². The molecule has 70 valence electrons. The number of para-hydroxylation sites is 1. The first-order chi connectivity index (χ1) is 6.77. The van der Waals surface area contributed by atoms with Crippen LogP contribution >= 0.6 is 15.9 Å². The Morgan fingerprint density at radius 2 is 1.71 bits per heavy atom. The van der Waals surface area contributed by atoms with Gasteiger partial charge in [-0.25, -0.2) is 0 Å². The molecular weight excluding hydrogens is 242 g/mol. The molecule has 3 heteroatoms. The highest BCUT2D eigenvalue weighted by molar-refractivity contribution is 9.10. The number of benzene rings is 1. The van der Waals surface area contributed by atoms with E-state index in [1.165, 1.54) is 6.07 Å². The Morgan fingerprint density at radius 3 is 2.43 bits per heavy atom. The van der Waals surface area contributed by atoms with Gasteiger partial charge in [0.1, 0.15) is 0 Å². The smallest absolute Gasteiger partial charge is 0.255 e. The second-order valence-corrected chi connectivity index (χ2v) is 3.81. The lowest BCUT2D eigenvalue weighted by Gasteiger charge is -2.04. The molecule has 0 atom stereocenters. The molecule has 1 heterocycles. The second-order valence-electron chi connectivity index (χ2n) is 2.89. The summed E-state index contributed by atoms with van der Waals surface area (Å²) in [6.45, 7) is 0. The Hall–Kier alpha value is -1.35. The monoisotopic (exact) mass is 249 g/mol. The molecule has 1 aromatic carbocycles. The van der Waals surface area contributed by atoms with Crippen molar-refractivity contribution in [2.24, 2.45) is 0 Å². The van der Waals surface area contributed by atoms with Crippen LogP contribution in [0, 0.1) is 0 Å². The third-order valence-electron chi connectivity index (χ3n) is 1.91. The number of nitrogens with zero attached hydrogens (tertiary/aromatic N) is 1. The molecule has 0 saturated carbocycles. The van der Waals surface area contributed by atoms with Crippen LogP contribution in [0.25, 0.3) is 5.69 Å². The lowest BCUT2D eigenvalue weighted by Crippen LogP contribution is -2.15. The van der Waals surface area contributed by atoms with Gasteiger partial charge < -0.3 is 0 Å². The van der Waals surface area contributed by atoms with Gasteiger partial charge in [-0.05, 0) is 34.1 Å². The van der Waals surface area contributed by atoms with Crippen LogP contribution in [0.4, 0.5) is 0 Å². The van der Waals surface area contributed by atoms with Crippen molar-refractivity contribution in [1.29, 1.82) is 0 Å². The molecule has 0 radical (unpaired) electrons. The first kappa shape index (κ1) is 9.21. The van der Waals surface area contributed by atoms with Crippen molar-refractivity contribution < 1.29 is 0 Å². The summed E-state index contributed by atoms with van der Waals surface area (Å²) in [5.41, 5.74) is 0.846. The van der Waals surface area contributed by atoms with Gasteiger partial charge in [0.2, 0.25) is 0 Å². The zero-order chi connectivity index (χ0) is 9.97. The highest BCUT2D eigenvalue weighted by Gasteiger charge is 1.98. The van der Waals surface area contributed by atoms with Crippen molar-refractivity contribution in [3.8, 4) is 5.69 Å². The topological polar surface area (TPSA) is 22.0 Å². The number of halogens is 1. The number of hydrogen-bond donors (Lipinski definition) is 0. The predicted octanol–water partition coefficient (Wildman–Crippen LogP) is 2.60. The minimum absolute atomic E-state index is 0.0283. The van der Waals surface area contributed by atoms with Crippen LogP contribution in [-0.2, 0) is 0 Å². The largest absolute Gasteiger partial charge is 0.283 e. The summed E-state index contributed by atoms with van der Waals surface area (Å²) in [6, 6.07) is 12.8. The van der Waals surface area contributed by atoms with E-state index < -0.39 is 0 Å². The van der Waals surface area contributed by atoms with Gasteiger partial charge >= 0.3 is 0 Å². The van der Waals surface area contributed by atoms with E-state index in [0.29, 0.717) is 0 Å². The summed E-state index contributed by atoms with van der Waals surface area (Å²) in [4.78, 5) is 11.5. The maximum Gasteiger partial charge on any atom is 0.255 e. The van der Waals surface area contributed by atoms with E-state index >= 15 is 0 Å². The average molecular weight is 250 g/mol. The summed E-state index contributed by atoms with van der Waals surface area (Å²) in [7, 11) is 0. The van der Waals surface area contributed by atoms with E-state index in [0.717, 1.165) is 10.2 Å². The molecule has 0 amide bonds. The van der Waals surface area contributed by atoms with Crippen LogP contribution in [0.2, 0.25) is 0 Å². The summed E-state index contributed by atoms with van der Waals surface area (Å²) in [5.74, 6) is 0. The number of aromatic nitrogens is 1. The second kappa shape index (κ2) is 3.80. The molecule has 0 bridgehead atoms. The number of pyridine rings is 1. The molecule has 2 nitrogen and oxygen atoms in total. The van der Waals surface area contributed by atoms with Crippen LogP contribution in [0.15, 0.2) is 57.9 Å². The molecule has 14 heavy (non-hydrogen) atoms. The molecule has 0 aliphatic heterocycles. The first-order valence-electron chi connectivity index (χ1n) is 4.21. The Morgan fingerprint density at radius 1 is 1.00 bits per heavy atom. The van der Waals surface area contributed by atoms with Gasteiger partial charge in [-0.3, -0.25) is 9.36 Å². The van der Waals surface area contributed by atoms with E-state index in [9.17, 15) is 4.79 Å². The molecular formula is C11H8BrNO. The summed E-state index contributed by atoms with van der Waals surface area (Å²) >= 11 is 3.33. The average Bonchev–Trinajstić information content (AvgIpc) is 2.23. The Balaban J connectivity index is 2.63. The molecule has 0 unspecified atom stereocenters. The lowest BCUT2D eigenvalue weighted by molar-refractivity contribution is 0.984. The molecule has 1 aromatic heterocycles. The van der Waals surface area contributed by atoms with Crippen LogP contribution < -0.4 is 5.56 Å². The molecule has 2 aromatic rings. The van der Waals surface area contributed by atoms with Crippen molar-refractivity contribution in [2.45, 2.75) is 0 Å². The third-order valence-corrected chi connectivity index (χ3v) is 2.38. The standard InChI is InChI=1S/C11H8BrNO/c12-9-6-7-11(14)13(8-9)10-4-2-1-3-5-10/h1-8H. The van der Waals surface area contributed by atoms with Crippen LogP contribution in [0.1, 0.15) is 0 Å². The Bertz CT molecular complexity index is 490. The number of rotatable bonds is 1. The lowest BCUT2D eigenvalue weighted by atomic mass is 10.3. The normalized spacial score (nSPS) is 10.1. The molecule has 0 N–H and O–H groups in total. The number of hydrogen-bond acceptors (Lipinski definition) is 1. The summed E-state index contributed by atoms with van der Waals surface area (Å²) in [5, 5.41) is 0. The predicted molar refractivity (Wildman–Crippen MR) is 59.7 cm³/mol. The minimum Gasteiger partial charge on any atom is -0.283 e. The van der Waals surface area contributed by atoms with E-state index in [4.69, 9.17) is 0 Å². The highest BCUT2D eigenvalue weighted by Crippen LogP contribution is 2.09. The van der Waals surface area contributed by atoms with Gasteiger partial charge in [-0.1, -0.05) is 18.2 Å². The third kappa shape index (κ3) is 1.77. The molecule has 0 spiro atoms. The SMILES string of the molecule is O=c1ccc(Br)cn1-c1ccccc1. The fourth-order valence-corrected chi connectivity index (χ4v) is 1.59. The van der Waals surface area contributed by atoms with Crippen molar-refractivity contribution in [3.05, 3.63) is 63.5 Å². The zero-order valence-electron chi connectivity index (χ0n) is 7.35. The summed E-state index contributed by atoms with van der Waals surface area (Å²) in [6.07, 6.45) is 1.76. The van der Waals surface area contributed by atoms with Gasteiger partial charge in [0.15, 0.2) is 0 Å². The molecule has 2 rings (SSSR count). The maximum atomic E-state index is 11.5. The van der Waals surface area contributed by atoms with Crippen LogP contribution in [0.5, 0.6) is 0 Å². The fourth-order valence-electron chi connectivity index (χ4n) is 1.25. The van der Waals surface area contributed by atoms with Gasteiger partial charge in [-0.2, -0.15) is 0 Å². The van der Waals surface area contributed by atoms with Gasteiger partial charge in [-0.15, -0.1) is 0 Å². The Kier molecular flexibility index (Phi) is 2.50. The summed E-state index contributed by atoms with van der Waals surface area (Å²) < 4.78 is 2.49. The van der Waals surface area contributed by atoms with Crippen molar-refractivity contribution >= 4 is 15.9 Å². The van der Waals surface area contributed by atoms with Crippen molar-refractivity contribution in [1.82, 2.24) is 4.57 Å². The fraction of sp³-hybridized carbons (Fsp3) is 0. The van der Waals surface area contributed by atoms with Crippen LogP contribution in [0.3, 0.4) is 0 Å². The highest BCUT2D eigenvalue weighted by atomic mass is 79.9. The minimum atomic E-state index is -0.0283. The van der Waals surface area contributed by atoms with E-state index in [1.54, 1.807) is 16.8 Å². The van der Waals surface area contributed by atoms with E-state index in [-0.39, 0.29) is 5.56 Å². The Labute approximate surface area is 89.9 Å². The molecule has 0 saturated heterocycles. The van der Waals surface area contributed by atoms with Crippen molar-refractivity contribution in [2.75, 3.05) is 0 Å².